The highest BCUT2D eigenvalue weighted by molar-refractivity contribution is 5.92. The monoisotopic (exact) mass is 318 g/mol. The van der Waals surface area contributed by atoms with Crippen LogP contribution in [-0.2, 0) is 21.1 Å². The summed E-state index contributed by atoms with van der Waals surface area (Å²) in [6.07, 6.45) is 1.71. The van der Waals surface area contributed by atoms with Crippen LogP contribution >= 0.6 is 0 Å². The van der Waals surface area contributed by atoms with Crippen molar-refractivity contribution in [3.8, 4) is 0 Å². The molecule has 1 aliphatic heterocycles. The van der Waals surface area contributed by atoms with Gasteiger partial charge in [0.2, 0.25) is 0 Å². The van der Waals surface area contributed by atoms with E-state index in [2.05, 4.69) is 10.4 Å². The lowest BCUT2D eigenvalue weighted by Crippen LogP contribution is -2.60. The predicted octanol–water partition coefficient (Wildman–Crippen LogP) is -1.56. The van der Waals surface area contributed by atoms with Gasteiger partial charge in [0.15, 0.2) is 0 Å². The van der Waals surface area contributed by atoms with Crippen LogP contribution in [0.15, 0.2) is 27.9 Å². The number of hydrogen-bond donors (Lipinski definition) is 1. The van der Waals surface area contributed by atoms with Gasteiger partial charge in [-0.25, -0.2) is 4.79 Å². The molecule has 9 heteroatoms. The third kappa shape index (κ3) is 2.65. The van der Waals surface area contributed by atoms with Crippen molar-refractivity contribution in [3.05, 3.63) is 44.9 Å². The fraction of sp³-hybridized carbons (Fsp3) is 0.429. The summed E-state index contributed by atoms with van der Waals surface area (Å²) in [5.74, 6) is 0.328. The average Bonchev–Trinajstić information content (AvgIpc) is 2.91. The Morgan fingerprint density at radius 1 is 1.22 bits per heavy atom. The quantitative estimate of drug-likeness (QED) is 0.738. The zero-order valence-corrected chi connectivity index (χ0v) is 13.2. The van der Waals surface area contributed by atoms with Crippen LogP contribution in [0.1, 0.15) is 10.5 Å². The zero-order chi connectivity index (χ0) is 16.7. The van der Waals surface area contributed by atoms with Gasteiger partial charge in [0.05, 0.1) is 6.04 Å². The third-order valence-electron chi connectivity index (χ3n) is 3.99. The predicted molar refractivity (Wildman–Crippen MR) is 83.6 cm³/mol. The van der Waals surface area contributed by atoms with Crippen molar-refractivity contribution in [1.82, 2.24) is 24.2 Å². The summed E-state index contributed by atoms with van der Waals surface area (Å²) in [5, 5.41) is 6.93. The number of anilines is 1. The minimum atomic E-state index is -0.367. The molecule has 1 aliphatic rings. The van der Waals surface area contributed by atoms with Gasteiger partial charge >= 0.3 is 5.69 Å². The fourth-order valence-corrected chi connectivity index (χ4v) is 2.58. The second-order valence-electron chi connectivity index (χ2n) is 5.69. The summed E-state index contributed by atoms with van der Waals surface area (Å²) >= 11 is 0. The van der Waals surface area contributed by atoms with Gasteiger partial charge < -0.3 is 10.2 Å². The summed E-state index contributed by atoms with van der Waals surface area (Å²) in [4.78, 5) is 37.6. The molecule has 0 unspecified atom stereocenters. The molecular formula is C14H18N6O3. The topological polar surface area (TPSA) is 94.2 Å². The molecule has 23 heavy (non-hydrogen) atoms. The van der Waals surface area contributed by atoms with Crippen LogP contribution < -0.4 is 21.5 Å². The fourth-order valence-electron chi connectivity index (χ4n) is 2.58. The number of amides is 1. The van der Waals surface area contributed by atoms with Crippen LogP contribution in [0.25, 0.3) is 0 Å². The van der Waals surface area contributed by atoms with Crippen LogP contribution in [0, 0.1) is 0 Å². The van der Waals surface area contributed by atoms with Crippen LogP contribution in [0.5, 0.6) is 0 Å². The number of hydrogen-bond acceptors (Lipinski definition) is 5. The van der Waals surface area contributed by atoms with Gasteiger partial charge in [0.1, 0.15) is 11.5 Å². The van der Waals surface area contributed by atoms with E-state index in [0.29, 0.717) is 24.6 Å². The molecular weight excluding hydrogens is 300 g/mol. The number of carbonyl (C=O) groups is 1. The normalized spacial score (nSPS) is 14.7. The molecule has 0 radical (unpaired) electrons. The lowest BCUT2D eigenvalue weighted by atomic mass is 10.1. The first-order valence-corrected chi connectivity index (χ1v) is 7.19. The molecule has 1 N–H and O–H groups in total. The number of aryl methyl sites for hydroxylation is 1. The van der Waals surface area contributed by atoms with E-state index >= 15 is 0 Å². The molecule has 1 amide bonds. The molecule has 2 aromatic rings. The Labute approximate surface area is 131 Å². The van der Waals surface area contributed by atoms with Gasteiger partial charge in [-0.1, -0.05) is 0 Å². The Balaban J connectivity index is 1.67. The van der Waals surface area contributed by atoms with Gasteiger partial charge in [0, 0.05) is 46.5 Å². The highest BCUT2D eigenvalue weighted by Crippen LogP contribution is 2.17. The van der Waals surface area contributed by atoms with Crippen molar-refractivity contribution in [2.45, 2.75) is 6.04 Å². The summed E-state index contributed by atoms with van der Waals surface area (Å²) in [6.45, 7) is 1.08. The summed E-state index contributed by atoms with van der Waals surface area (Å²) in [7, 11) is 4.82. The standard InChI is InChI=1S/C14H18N6O3/c1-17-5-4-10(16-17)13(22)15-9-7-20(8-9)11-6-12(21)19(3)14(23)18(11)2/h4-6,9H,7-8H2,1-3H3,(H,15,22). The molecule has 0 spiro atoms. The Kier molecular flexibility index (Phi) is 3.55. The Morgan fingerprint density at radius 3 is 2.52 bits per heavy atom. The van der Waals surface area contributed by atoms with Crippen LogP contribution in [0.4, 0.5) is 5.82 Å². The van der Waals surface area contributed by atoms with E-state index in [1.165, 1.54) is 17.7 Å². The highest BCUT2D eigenvalue weighted by atomic mass is 16.2. The number of nitrogens with one attached hydrogen (secondary N) is 1. The molecule has 1 fully saturated rings. The van der Waals surface area contributed by atoms with E-state index in [-0.39, 0.29) is 23.2 Å². The molecule has 0 bridgehead atoms. The molecule has 0 atom stereocenters. The maximum absolute atomic E-state index is 12.0. The lowest BCUT2D eigenvalue weighted by molar-refractivity contribution is 0.0924. The molecule has 2 aromatic heterocycles. The smallest absolute Gasteiger partial charge is 0.332 e. The maximum atomic E-state index is 12.0. The number of aromatic nitrogens is 4. The Bertz CT molecular complexity index is 871. The molecule has 3 heterocycles. The van der Waals surface area contributed by atoms with E-state index in [0.717, 1.165) is 4.57 Å². The van der Waals surface area contributed by atoms with Gasteiger partial charge in [-0.2, -0.15) is 5.10 Å². The first-order chi connectivity index (χ1) is 10.9. The number of rotatable bonds is 3. The van der Waals surface area contributed by atoms with Gasteiger partial charge in [0.25, 0.3) is 11.5 Å². The van der Waals surface area contributed by atoms with Crippen molar-refractivity contribution >= 4 is 11.7 Å². The van der Waals surface area contributed by atoms with E-state index in [1.807, 2.05) is 4.90 Å². The minimum Gasteiger partial charge on any atom is -0.353 e. The summed E-state index contributed by atoms with van der Waals surface area (Å²) in [6, 6.07) is 3.04. The largest absolute Gasteiger partial charge is 0.353 e. The van der Waals surface area contributed by atoms with Gasteiger partial charge in [-0.05, 0) is 6.07 Å². The van der Waals surface area contributed by atoms with Crippen molar-refractivity contribution in [2.75, 3.05) is 18.0 Å². The average molecular weight is 318 g/mol. The SMILES string of the molecule is Cn1ccc(C(=O)NC2CN(c3cc(=O)n(C)c(=O)n3C)C2)n1. The first-order valence-electron chi connectivity index (χ1n) is 7.19. The molecule has 9 nitrogen and oxygen atoms in total. The van der Waals surface area contributed by atoms with Crippen LogP contribution in [0.3, 0.4) is 0 Å². The second-order valence-corrected chi connectivity index (χ2v) is 5.69. The van der Waals surface area contributed by atoms with Crippen molar-refractivity contribution in [2.24, 2.45) is 21.1 Å². The van der Waals surface area contributed by atoms with Crippen LogP contribution in [0.2, 0.25) is 0 Å². The Morgan fingerprint density at radius 2 is 1.91 bits per heavy atom. The van der Waals surface area contributed by atoms with Gasteiger partial charge in [-0.3, -0.25) is 23.4 Å². The summed E-state index contributed by atoms with van der Waals surface area (Å²) < 4.78 is 4.05. The second kappa shape index (κ2) is 5.41. The van der Waals surface area contributed by atoms with Crippen molar-refractivity contribution in [3.63, 3.8) is 0 Å². The molecule has 122 valence electrons. The molecule has 1 saturated heterocycles. The van der Waals surface area contributed by atoms with Crippen molar-refractivity contribution < 1.29 is 4.79 Å². The maximum Gasteiger partial charge on any atom is 0.332 e. The first kappa shape index (κ1) is 15.1. The number of carbonyl (C=O) groups excluding carboxylic acids is 1. The highest BCUT2D eigenvalue weighted by Gasteiger charge is 2.30. The zero-order valence-electron chi connectivity index (χ0n) is 13.2. The summed E-state index contributed by atoms with van der Waals surface area (Å²) in [5.41, 5.74) is -0.343. The Hall–Kier alpha value is -2.84. The lowest BCUT2D eigenvalue weighted by Gasteiger charge is -2.41. The van der Waals surface area contributed by atoms with E-state index in [1.54, 1.807) is 31.0 Å². The van der Waals surface area contributed by atoms with E-state index in [9.17, 15) is 14.4 Å². The van der Waals surface area contributed by atoms with E-state index < -0.39 is 0 Å². The molecule has 0 aromatic carbocycles. The van der Waals surface area contributed by atoms with Crippen molar-refractivity contribution in [1.29, 1.82) is 0 Å². The molecule has 0 saturated carbocycles. The van der Waals surface area contributed by atoms with Crippen LogP contribution in [-0.4, -0.2) is 44.0 Å². The molecule has 0 aliphatic carbocycles. The van der Waals surface area contributed by atoms with Gasteiger partial charge in [-0.15, -0.1) is 0 Å². The minimum absolute atomic E-state index is 0.0383. The molecule has 3 rings (SSSR count). The third-order valence-corrected chi connectivity index (χ3v) is 3.99. The number of nitrogens with zero attached hydrogens (tertiary/aromatic N) is 5. The van der Waals surface area contributed by atoms with E-state index in [4.69, 9.17) is 0 Å².